The minimum absolute atomic E-state index is 0.203. The maximum absolute atomic E-state index is 3.63. The summed E-state index contributed by atoms with van der Waals surface area (Å²) in [4.78, 5) is 0. The lowest BCUT2D eigenvalue weighted by molar-refractivity contribution is 0.117. The lowest BCUT2D eigenvalue weighted by atomic mass is 9.83. The lowest BCUT2D eigenvalue weighted by Crippen LogP contribution is -2.73. The van der Waals surface area contributed by atoms with Crippen LogP contribution in [0.4, 0.5) is 0 Å². The van der Waals surface area contributed by atoms with E-state index in [9.17, 15) is 0 Å². The summed E-state index contributed by atoms with van der Waals surface area (Å²) in [5.41, 5.74) is 0.407. The molecule has 2 N–H and O–H groups in total. The molecule has 72 valence electrons. The minimum Gasteiger partial charge on any atom is -0.306 e. The van der Waals surface area contributed by atoms with E-state index < -0.39 is 0 Å². The monoisotopic (exact) mass is 170 g/mol. The summed E-state index contributed by atoms with van der Waals surface area (Å²) in [5, 5.41) is 7.27. The Morgan fingerprint density at radius 2 is 1.00 bits per heavy atom. The fraction of sp³-hybridized carbons (Fsp3) is 1.00. The maximum Gasteiger partial charge on any atom is 0.0278 e. The highest BCUT2D eigenvalue weighted by Crippen LogP contribution is 2.23. The molecule has 0 amide bonds. The Kier molecular flexibility index (Phi) is 2.26. The first-order valence-electron chi connectivity index (χ1n) is 4.81. The van der Waals surface area contributed by atoms with Crippen LogP contribution in [0.1, 0.15) is 41.5 Å². The van der Waals surface area contributed by atoms with E-state index in [4.69, 9.17) is 0 Å². The topological polar surface area (TPSA) is 24.1 Å². The maximum atomic E-state index is 3.63. The van der Waals surface area contributed by atoms with Gasteiger partial charge in [-0.3, -0.25) is 0 Å². The van der Waals surface area contributed by atoms with Gasteiger partial charge in [0.05, 0.1) is 0 Å². The molecule has 0 aromatic rings. The van der Waals surface area contributed by atoms with Crippen LogP contribution in [0.3, 0.4) is 0 Å². The molecule has 12 heavy (non-hydrogen) atoms. The first kappa shape index (κ1) is 10.0. The van der Waals surface area contributed by atoms with Gasteiger partial charge in [-0.2, -0.15) is 0 Å². The third kappa shape index (κ3) is 1.64. The van der Waals surface area contributed by atoms with Gasteiger partial charge in [0.25, 0.3) is 0 Å². The smallest absolute Gasteiger partial charge is 0.0278 e. The average molecular weight is 170 g/mol. The second kappa shape index (κ2) is 2.71. The van der Waals surface area contributed by atoms with Crippen LogP contribution in [0.5, 0.6) is 0 Å². The lowest BCUT2D eigenvalue weighted by Gasteiger charge is -2.51. The Bertz CT molecular complexity index is 153. The van der Waals surface area contributed by atoms with Crippen molar-refractivity contribution in [2.75, 3.05) is 0 Å². The second-order valence-corrected chi connectivity index (χ2v) is 5.18. The third-order valence-corrected chi connectivity index (χ3v) is 3.34. The van der Waals surface area contributed by atoms with Crippen LogP contribution in [0.2, 0.25) is 0 Å². The fourth-order valence-corrected chi connectivity index (χ4v) is 1.73. The molecule has 1 rings (SSSR count). The Balaban J connectivity index is 2.76. The molecule has 1 aliphatic heterocycles. The molecule has 2 heteroatoms. The van der Waals surface area contributed by atoms with Crippen LogP contribution in [0, 0.1) is 0 Å². The molecule has 0 unspecified atom stereocenters. The summed E-state index contributed by atoms with van der Waals surface area (Å²) in [7, 11) is 0. The number of nitrogens with one attached hydrogen (secondary N) is 2. The fourth-order valence-electron chi connectivity index (χ4n) is 1.73. The van der Waals surface area contributed by atoms with Gasteiger partial charge < -0.3 is 10.6 Å². The van der Waals surface area contributed by atoms with Gasteiger partial charge in [0.2, 0.25) is 0 Å². The van der Waals surface area contributed by atoms with Crippen molar-refractivity contribution in [3.8, 4) is 0 Å². The van der Waals surface area contributed by atoms with Gasteiger partial charge >= 0.3 is 0 Å². The normalized spacial score (nSPS) is 39.5. The van der Waals surface area contributed by atoms with Crippen LogP contribution < -0.4 is 10.6 Å². The molecule has 0 spiro atoms. The first-order chi connectivity index (χ1) is 5.26. The molecule has 0 saturated carbocycles. The van der Waals surface area contributed by atoms with E-state index in [1.807, 2.05) is 0 Å². The Labute approximate surface area is 76.1 Å². The van der Waals surface area contributed by atoms with E-state index in [-0.39, 0.29) is 11.1 Å². The molecule has 1 saturated heterocycles. The Morgan fingerprint density at radius 3 is 1.25 bits per heavy atom. The number of rotatable bonds is 0. The van der Waals surface area contributed by atoms with Crippen LogP contribution >= 0.6 is 0 Å². The molecule has 2 nitrogen and oxygen atoms in total. The number of hydrogen-bond donors (Lipinski definition) is 2. The molecule has 2 atom stereocenters. The molecule has 0 aromatic carbocycles. The highest BCUT2D eigenvalue weighted by Gasteiger charge is 2.40. The Hall–Kier alpha value is -0.0800. The highest BCUT2D eigenvalue weighted by atomic mass is 15.2. The number of hydrogen-bond acceptors (Lipinski definition) is 2. The molecule has 1 aliphatic rings. The summed E-state index contributed by atoms with van der Waals surface area (Å²) < 4.78 is 0. The van der Waals surface area contributed by atoms with Gasteiger partial charge in [0.1, 0.15) is 0 Å². The molecule has 0 aliphatic carbocycles. The van der Waals surface area contributed by atoms with Crippen LogP contribution in [-0.2, 0) is 0 Å². The van der Waals surface area contributed by atoms with Crippen LogP contribution in [0.15, 0.2) is 0 Å². The molecule has 0 bridgehead atoms. The summed E-state index contributed by atoms with van der Waals surface area (Å²) in [6.07, 6.45) is 0. The zero-order valence-corrected chi connectivity index (χ0v) is 9.15. The molecule has 0 radical (unpaired) electrons. The molecule has 1 heterocycles. The van der Waals surface area contributed by atoms with E-state index in [0.29, 0.717) is 12.1 Å². The highest BCUT2D eigenvalue weighted by molar-refractivity contribution is 5.04. The first-order valence-corrected chi connectivity index (χ1v) is 4.81. The van der Waals surface area contributed by atoms with E-state index in [1.165, 1.54) is 0 Å². The molecular weight excluding hydrogens is 148 g/mol. The summed E-state index contributed by atoms with van der Waals surface area (Å²) >= 11 is 0. The van der Waals surface area contributed by atoms with Crippen molar-refractivity contribution in [1.82, 2.24) is 10.6 Å². The van der Waals surface area contributed by atoms with E-state index >= 15 is 0 Å². The molecular formula is C10H22N2. The van der Waals surface area contributed by atoms with Crippen molar-refractivity contribution in [2.45, 2.75) is 64.7 Å². The number of piperazine rings is 1. The summed E-state index contributed by atoms with van der Waals surface area (Å²) in [6.45, 7) is 13.5. The quantitative estimate of drug-likeness (QED) is 0.576. The summed E-state index contributed by atoms with van der Waals surface area (Å²) in [5.74, 6) is 0. The van der Waals surface area contributed by atoms with E-state index in [1.54, 1.807) is 0 Å². The van der Waals surface area contributed by atoms with Crippen LogP contribution in [0.25, 0.3) is 0 Å². The third-order valence-electron chi connectivity index (χ3n) is 3.34. The largest absolute Gasteiger partial charge is 0.306 e. The average Bonchev–Trinajstić information content (AvgIpc) is 1.82. The SMILES string of the molecule is C[C@@H]1NC(C)(C)[C@H](C)NC1(C)C. The van der Waals surface area contributed by atoms with Gasteiger partial charge in [-0.05, 0) is 41.5 Å². The van der Waals surface area contributed by atoms with E-state index in [2.05, 4.69) is 52.2 Å². The van der Waals surface area contributed by atoms with Gasteiger partial charge in [-0.1, -0.05) is 0 Å². The van der Waals surface area contributed by atoms with E-state index in [0.717, 1.165) is 0 Å². The standard InChI is InChI=1S/C10H22N2/c1-7-9(3,4)12-8(2)10(5,6)11-7/h7-8,11-12H,1-6H3/t7-,8-/m0/s1. The Morgan fingerprint density at radius 1 is 0.750 bits per heavy atom. The van der Waals surface area contributed by atoms with Crippen molar-refractivity contribution in [2.24, 2.45) is 0 Å². The van der Waals surface area contributed by atoms with Gasteiger partial charge in [-0.15, -0.1) is 0 Å². The second-order valence-electron chi connectivity index (χ2n) is 5.18. The van der Waals surface area contributed by atoms with Crippen LogP contribution in [-0.4, -0.2) is 23.2 Å². The zero-order valence-electron chi connectivity index (χ0n) is 9.15. The van der Waals surface area contributed by atoms with Crippen molar-refractivity contribution < 1.29 is 0 Å². The minimum atomic E-state index is 0.203. The zero-order chi connectivity index (χ0) is 9.57. The van der Waals surface area contributed by atoms with Gasteiger partial charge in [0, 0.05) is 23.2 Å². The van der Waals surface area contributed by atoms with Crippen molar-refractivity contribution in [3.63, 3.8) is 0 Å². The van der Waals surface area contributed by atoms with Crippen molar-refractivity contribution in [1.29, 1.82) is 0 Å². The van der Waals surface area contributed by atoms with Gasteiger partial charge in [-0.25, -0.2) is 0 Å². The predicted molar refractivity (Wildman–Crippen MR) is 53.4 cm³/mol. The summed E-state index contributed by atoms with van der Waals surface area (Å²) in [6, 6.07) is 1.03. The van der Waals surface area contributed by atoms with Crippen molar-refractivity contribution >= 4 is 0 Å². The molecule has 0 aromatic heterocycles. The predicted octanol–water partition coefficient (Wildman–Crippen LogP) is 1.51. The van der Waals surface area contributed by atoms with Crippen molar-refractivity contribution in [3.05, 3.63) is 0 Å². The molecule has 1 fully saturated rings. The van der Waals surface area contributed by atoms with Gasteiger partial charge in [0.15, 0.2) is 0 Å².